The second kappa shape index (κ2) is 8.97. The molecule has 1 aromatic heterocycles. The molecule has 1 saturated heterocycles. The Morgan fingerprint density at radius 1 is 1.19 bits per heavy atom. The van der Waals surface area contributed by atoms with Gasteiger partial charge in [0.05, 0.1) is 22.3 Å². The van der Waals surface area contributed by atoms with E-state index >= 15 is 0 Å². The molecule has 9 nitrogen and oxygen atoms in total. The number of anilines is 2. The van der Waals surface area contributed by atoms with Gasteiger partial charge in [0, 0.05) is 6.07 Å². The van der Waals surface area contributed by atoms with Gasteiger partial charge in [-0.25, -0.2) is 18.2 Å². The van der Waals surface area contributed by atoms with E-state index in [9.17, 15) is 18.3 Å². The molecular formula is C20H25ClN4O5S. The molecule has 0 aliphatic carbocycles. The van der Waals surface area contributed by atoms with Crippen molar-refractivity contribution in [2.75, 3.05) is 16.8 Å². The lowest BCUT2D eigenvalue weighted by molar-refractivity contribution is 0.142. The molecule has 31 heavy (non-hydrogen) atoms. The number of ether oxygens (including phenoxy) is 1. The van der Waals surface area contributed by atoms with Crippen LogP contribution >= 0.6 is 11.6 Å². The molecule has 0 saturated carbocycles. The molecule has 1 aliphatic rings. The summed E-state index contributed by atoms with van der Waals surface area (Å²) in [6.45, 7) is 6.74. The first-order valence-corrected chi connectivity index (χ1v) is 11.7. The molecule has 0 unspecified atom stereocenters. The van der Waals surface area contributed by atoms with Gasteiger partial charge in [0.1, 0.15) is 23.6 Å². The number of rotatable bonds is 7. The van der Waals surface area contributed by atoms with E-state index in [0.29, 0.717) is 0 Å². The highest BCUT2D eigenvalue weighted by molar-refractivity contribution is 7.92. The van der Waals surface area contributed by atoms with Gasteiger partial charge >= 0.3 is 6.09 Å². The molecule has 1 aromatic carbocycles. The third-order valence-corrected chi connectivity index (χ3v) is 7.43. The molecule has 1 aliphatic heterocycles. The third kappa shape index (κ3) is 4.91. The van der Waals surface area contributed by atoms with Crippen molar-refractivity contribution in [1.82, 2.24) is 9.97 Å². The Morgan fingerprint density at radius 3 is 2.42 bits per heavy atom. The minimum Gasteiger partial charge on any atom is -0.447 e. The van der Waals surface area contributed by atoms with Crippen LogP contribution in [0.5, 0.6) is 0 Å². The summed E-state index contributed by atoms with van der Waals surface area (Å²) >= 11 is 6.13. The van der Waals surface area contributed by atoms with Crippen LogP contribution < -0.4 is 10.2 Å². The van der Waals surface area contributed by atoms with Crippen LogP contribution in [0.4, 0.5) is 16.6 Å². The maximum absolute atomic E-state index is 12.3. The SMILES string of the molecule is CC(C)S(=O)(=O)c1ccc([C@H](C)Nc2nc(Cl)cc(N3C(=O)OC[C@@H]3[C@@H](C)O)n2)cc1. The normalized spacial score (nSPS) is 18.7. The molecule has 1 amide bonds. The molecule has 2 aromatic rings. The van der Waals surface area contributed by atoms with Crippen molar-refractivity contribution in [1.29, 1.82) is 0 Å². The Hall–Kier alpha value is -2.43. The number of aliphatic hydroxyl groups is 1. The summed E-state index contributed by atoms with van der Waals surface area (Å²) in [4.78, 5) is 22.2. The summed E-state index contributed by atoms with van der Waals surface area (Å²) in [6.07, 6.45) is -1.45. The average molecular weight is 469 g/mol. The number of nitrogens with one attached hydrogen (secondary N) is 1. The Kier molecular flexibility index (Phi) is 6.73. The van der Waals surface area contributed by atoms with Gasteiger partial charge in [-0.05, 0) is 45.4 Å². The summed E-state index contributed by atoms with van der Waals surface area (Å²) < 4.78 is 29.6. The monoisotopic (exact) mass is 468 g/mol. The number of hydrogen-bond acceptors (Lipinski definition) is 8. The fraction of sp³-hybridized carbons (Fsp3) is 0.450. The summed E-state index contributed by atoms with van der Waals surface area (Å²) in [7, 11) is -3.35. The minimum atomic E-state index is -3.35. The molecule has 2 N–H and O–H groups in total. The fourth-order valence-corrected chi connectivity index (χ4v) is 4.38. The van der Waals surface area contributed by atoms with Crippen LogP contribution in [0.15, 0.2) is 35.2 Å². The number of hydrogen-bond donors (Lipinski definition) is 2. The quantitative estimate of drug-likeness (QED) is 0.594. The Morgan fingerprint density at radius 2 is 1.84 bits per heavy atom. The zero-order chi connectivity index (χ0) is 22.9. The molecule has 1 fully saturated rings. The molecule has 3 rings (SSSR count). The molecule has 11 heteroatoms. The van der Waals surface area contributed by atoms with Gasteiger partial charge in [-0.2, -0.15) is 4.98 Å². The highest BCUT2D eigenvalue weighted by atomic mass is 35.5. The van der Waals surface area contributed by atoms with E-state index in [2.05, 4.69) is 15.3 Å². The lowest BCUT2D eigenvalue weighted by Gasteiger charge is -2.23. The molecule has 0 bridgehead atoms. The molecule has 2 heterocycles. The van der Waals surface area contributed by atoms with Crippen molar-refractivity contribution in [3.8, 4) is 0 Å². The van der Waals surface area contributed by atoms with Crippen LogP contribution in [-0.4, -0.2) is 53.6 Å². The van der Waals surface area contributed by atoms with Gasteiger partial charge in [0.15, 0.2) is 9.84 Å². The van der Waals surface area contributed by atoms with Crippen LogP contribution in [0.25, 0.3) is 0 Å². The zero-order valence-electron chi connectivity index (χ0n) is 17.6. The Bertz CT molecular complexity index is 1060. The van der Waals surface area contributed by atoms with Gasteiger partial charge in [0.2, 0.25) is 5.95 Å². The molecule has 0 spiro atoms. The van der Waals surface area contributed by atoms with Gasteiger partial charge in [-0.1, -0.05) is 23.7 Å². The van der Waals surface area contributed by atoms with Crippen molar-refractivity contribution >= 4 is 39.3 Å². The van der Waals surface area contributed by atoms with Crippen LogP contribution in [-0.2, 0) is 14.6 Å². The van der Waals surface area contributed by atoms with E-state index in [1.807, 2.05) is 6.92 Å². The van der Waals surface area contributed by atoms with Crippen molar-refractivity contribution in [2.24, 2.45) is 0 Å². The van der Waals surface area contributed by atoms with Crippen LogP contribution in [0.2, 0.25) is 5.15 Å². The predicted octanol–water partition coefficient (Wildman–Crippen LogP) is 3.19. The summed E-state index contributed by atoms with van der Waals surface area (Å²) in [5, 5.41) is 12.7. The van der Waals surface area contributed by atoms with Crippen LogP contribution in [0, 0.1) is 0 Å². The fourth-order valence-electron chi connectivity index (χ4n) is 3.14. The second-order valence-electron chi connectivity index (χ2n) is 7.66. The van der Waals surface area contributed by atoms with Crippen molar-refractivity contribution in [3.05, 3.63) is 41.0 Å². The van der Waals surface area contributed by atoms with Crippen molar-refractivity contribution < 1.29 is 23.1 Å². The number of benzene rings is 1. The molecule has 3 atom stereocenters. The van der Waals surface area contributed by atoms with E-state index < -0.39 is 33.3 Å². The highest BCUT2D eigenvalue weighted by Crippen LogP contribution is 2.28. The number of cyclic esters (lactones) is 1. The van der Waals surface area contributed by atoms with Crippen molar-refractivity contribution in [3.63, 3.8) is 0 Å². The second-order valence-corrected chi connectivity index (χ2v) is 10.5. The Balaban J connectivity index is 1.82. The Labute approximate surface area is 186 Å². The number of nitrogens with zero attached hydrogens (tertiary/aromatic N) is 3. The maximum Gasteiger partial charge on any atom is 0.416 e. The molecule has 168 valence electrons. The van der Waals surface area contributed by atoms with E-state index in [1.165, 1.54) is 11.0 Å². The first kappa shape index (κ1) is 23.2. The van der Waals surface area contributed by atoms with E-state index in [1.54, 1.807) is 45.0 Å². The first-order valence-electron chi connectivity index (χ1n) is 9.79. The van der Waals surface area contributed by atoms with Gasteiger partial charge in [-0.15, -0.1) is 0 Å². The number of aromatic nitrogens is 2. The largest absolute Gasteiger partial charge is 0.447 e. The standard InChI is InChI=1S/C20H25ClN4O5S/c1-11(2)31(28,29)15-7-5-14(6-8-15)12(3)22-19-23-17(21)9-18(24-19)25-16(13(4)26)10-30-20(25)27/h5-9,11-13,16,26H,10H2,1-4H3,(H,22,23,24)/t12-,13+,16+/m0/s1. The lowest BCUT2D eigenvalue weighted by Crippen LogP contribution is -2.41. The third-order valence-electron chi connectivity index (χ3n) is 5.07. The van der Waals surface area contributed by atoms with Gasteiger partial charge in [-0.3, -0.25) is 4.90 Å². The zero-order valence-corrected chi connectivity index (χ0v) is 19.2. The average Bonchev–Trinajstić information content (AvgIpc) is 3.09. The van der Waals surface area contributed by atoms with E-state index in [4.69, 9.17) is 16.3 Å². The smallest absolute Gasteiger partial charge is 0.416 e. The first-order chi connectivity index (χ1) is 14.5. The van der Waals surface area contributed by atoms with Gasteiger partial charge < -0.3 is 15.2 Å². The van der Waals surface area contributed by atoms with Crippen LogP contribution in [0.3, 0.4) is 0 Å². The summed E-state index contributed by atoms with van der Waals surface area (Å²) in [5.74, 6) is 0.388. The van der Waals surface area contributed by atoms with Crippen LogP contribution in [0.1, 0.15) is 39.3 Å². The maximum atomic E-state index is 12.3. The number of sulfone groups is 1. The lowest BCUT2D eigenvalue weighted by atomic mass is 10.1. The van der Waals surface area contributed by atoms with Gasteiger partial charge in [0.25, 0.3) is 0 Å². The number of carbonyl (C=O) groups excluding carboxylic acids is 1. The number of aliphatic hydroxyl groups excluding tert-OH is 1. The van der Waals surface area contributed by atoms with Crippen molar-refractivity contribution in [2.45, 2.75) is 56.0 Å². The summed E-state index contributed by atoms with van der Waals surface area (Å²) in [5.41, 5.74) is 0.815. The topological polar surface area (TPSA) is 122 Å². The number of carbonyl (C=O) groups is 1. The number of halogens is 1. The minimum absolute atomic E-state index is 0.0446. The number of amides is 1. The summed E-state index contributed by atoms with van der Waals surface area (Å²) in [6, 6.07) is 7.14. The predicted molar refractivity (Wildman–Crippen MR) is 117 cm³/mol. The van der Waals surface area contributed by atoms with E-state index in [-0.39, 0.29) is 34.5 Å². The van der Waals surface area contributed by atoms with E-state index in [0.717, 1.165) is 5.56 Å². The highest BCUT2D eigenvalue weighted by Gasteiger charge is 2.38. The molecule has 0 radical (unpaired) electrons. The molecular weight excluding hydrogens is 444 g/mol.